The molecular formula is C21H22N4O2. The van der Waals surface area contributed by atoms with Crippen LogP contribution in [0.3, 0.4) is 0 Å². The average molecular weight is 362 g/mol. The van der Waals surface area contributed by atoms with E-state index in [0.29, 0.717) is 17.4 Å². The number of pyridine rings is 1. The summed E-state index contributed by atoms with van der Waals surface area (Å²) in [5, 5.41) is 15.9. The van der Waals surface area contributed by atoms with Gasteiger partial charge in [0.25, 0.3) is 5.91 Å². The summed E-state index contributed by atoms with van der Waals surface area (Å²) < 4.78 is 1.86. The maximum Gasteiger partial charge on any atom is 0.253 e. The molecule has 3 aromatic rings. The fourth-order valence-electron chi connectivity index (χ4n) is 4.73. The summed E-state index contributed by atoms with van der Waals surface area (Å²) in [5.41, 5.74) is 1.60. The van der Waals surface area contributed by atoms with Crippen molar-refractivity contribution in [3.8, 4) is 0 Å². The zero-order chi connectivity index (χ0) is 18.4. The average Bonchev–Trinajstić information content (AvgIpc) is 3.35. The number of carbonyl (C=O) groups is 1. The molecular weight excluding hydrogens is 340 g/mol. The van der Waals surface area contributed by atoms with Crippen LogP contribution in [0.15, 0.2) is 55.0 Å². The first kappa shape index (κ1) is 16.4. The van der Waals surface area contributed by atoms with Crippen LogP contribution >= 0.6 is 0 Å². The van der Waals surface area contributed by atoms with Gasteiger partial charge in [-0.05, 0) is 55.0 Å². The molecule has 1 aliphatic carbocycles. The van der Waals surface area contributed by atoms with Gasteiger partial charge in [-0.2, -0.15) is 5.10 Å². The zero-order valence-electron chi connectivity index (χ0n) is 15.0. The van der Waals surface area contributed by atoms with E-state index in [-0.39, 0.29) is 11.9 Å². The highest BCUT2D eigenvalue weighted by atomic mass is 16.3. The van der Waals surface area contributed by atoms with E-state index in [0.717, 1.165) is 36.8 Å². The highest BCUT2D eigenvalue weighted by molar-refractivity contribution is 5.98. The first-order chi connectivity index (χ1) is 13.2. The summed E-state index contributed by atoms with van der Waals surface area (Å²) in [7, 11) is 0. The van der Waals surface area contributed by atoms with E-state index in [1.807, 2.05) is 52.2 Å². The quantitative estimate of drug-likeness (QED) is 0.760. The second kappa shape index (κ2) is 6.46. The van der Waals surface area contributed by atoms with E-state index in [9.17, 15) is 9.90 Å². The number of nitrogens with zero attached hydrogens (tertiary/aromatic N) is 4. The standard InChI is InChI=1S/C21H22N4O2/c26-20-11-17-13-24(12-16(17)10-19(20)25-8-2-7-23-25)21(27)15-4-5-18-14(9-15)3-1-6-22-18/h1-9,16-17,19-20,26H,10-13H2/t16-,17+,19-,20-/m1/s1. The molecule has 1 amide bonds. The van der Waals surface area contributed by atoms with E-state index in [2.05, 4.69) is 10.1 Å². The molecule has 0 spiro atoms. The molecule has 6 nitrogen and oxygen atoms in total. The minimum atomic E-state index is -0.409. The lowest BCUT2D eigenvalue weighted by atomic mass is 9.77. The van der Waals surface area contributed by atoms with Crippen LogP contribution in [0.4, 0.5) is 0 Å². The highest BCUT2D eigenvalue weighted by Crippen LogP contribution is 2.41. The third-order valence-electron chi connectivity index (χ3n) is 6.11. The van der Waals surface area contributed by atoms with Gasteiger partial charge in [0.1, 0.15) is 0 Å². The van der Waals surface area contributed by atoms with Crippen molar-refractivity contribution in [2.75, 3.05) is 13.1 Å². The number of aliphatic hydroxyl groups excluding tert-OH is 1. The van der Waals surface area contributed by atoms with Crippen LogP contribution in [0.1, 0.15) is 29.2 Å². The molecule has 0 bridgehead atoms. The number of hydrogen-bond donors (Lipinski definition) is 1. The summed E-state index contributed by atoms with van der Waals surface area (Å²) in [5.74, 6) is 0.840. The van der Waals surface area contributed by atoms with Crippen molar-refractivity contribution in [2.24, 2.45) is 11.8 Å². The fraction of sp³-hybridized carbons (Fsp3) is 0.381. The van der Waals surface area contributed by atoms with Crippen molar-refractivity contribution in [2.45, 2.75) is 25.0 Å². The molecule has 1 saturated heterocycles. The molecule has 5 rings (SSSR count). The Kier molecular flexibility index (Phi) is 3.93. The van der Waals surface area contributed by atoms with Crippen LogP contribution < -0.4 is 0 Å². The molecule has 138 valence electrons. The summed E-state index contributed by atoms with van der Waals surface area (Å²) in [6.45, 7) is 1.47. The van der Waals surface area contributed by atoms with Crippen LogP contribution in [0.2, 0.25) is 0 Å². The Morgan fingerprint density at radius 3 is 2.74 bits per heavy atom. The van der Waals surface area contributed by atoms with E-state index < -0.39 is 6.10 Å². The predicted octanol–water partition coefficient (Wildman–Crippen LogP) is 2.52. The Morgan fingerprint density at radius 2 is 1.93 bits per heavy atom. The maximum absolute atomic E-state index is 13.1. The van der Waals surface area contributed by atoms with Crippen molar-refractivity contribution in [1.29, 1.82) is 0 Å². The number of benzene rings is 1. The van der Waals surface area contributed by atoms with Gasteiger partial charge in [0.05, 0.1) is 17.7 Å². The van der Waals surface area contributed by atoms with Crippen LogP contribution in [0, 0.1) is 11.8 Å². The molecule has 2 aromatic heterocycles. The number of aliphatic hydroxyl groups is 1. The van der Waals surface area contributed by atoms with Crippen molar-refractivity contribution in [3.63, 3.8) is 0 Å². The SMILES string of the molecule is O=C(c1ccc2ncccc2c1)N1C[C@H]2C[C@@H](n3cccn3)[C@H](O)C[C@H]2C1. The Bertz CT molecular complexity index is 971. The molecule has 2 fully saturated rings. The summed E-state index contributed by atoms with van der Waals surface area (Å²) in [6, 6.07) is 11.4. The second-order valence-electron chi connectivity index (χ2n) is 7.73. The summed E-state index contributed by atoms with van der Waals surface area (Å²) >= 11 is 0. The van der Waals surface area contributed by atoms with E-state index in [4.69, 9.17) is 0 Å². The van der Waals surface area contributed by atoms with Gasteiger partial charge < -0.3 is 10.0 Å². The van der Waals surface area contributed by atoms with Crippen LogP contribution in [-0.4, -0.2) is 49.9 Å². The van der Waals surface area contributed by atoms with Gasteiger partial charge >= 0.3 is 0 Å². The van der Waals surface area contributed by atoms with Gasteiger partial charge in [0, 0.05) is 42.6 Å². The highest BCUT2D eigenvalue weighted by Gasteiger charge is 2.43. The van der Waals surface area contributed by atoms with Crippen LogP contribution in [0.5, 0.6) is 0 Å². The number of amides is 1. The maximum atomic E-state index is 13.1. The smallest absolute Gasteiger partial charge is 0.253 e. The number of hydrogen-bond acceptors (Lipinski definition) is 4. The monoisotopic (exact) mass is 362 g/mol. The molecule has 4 atom stereocenters. The number of likely N-dealkylation sites (tertiary alicyclic amines) is 1. The first-order valence-electron chi connectivity index (χ1n) is 9.50. The molecule has 1 saturated carbocycles. The molecule has 1 aromatic carbocycles. The minimum absolute atomic E-state index is 0.00282. The number of carbonyl (C=O) groups excluding carboxylic acids is 1. The normalized spacial score (nSPS) is 27.7. The number of fused-ring (bicyclic) bond motifs is 2. The zero-order valence-corrected chi connectivity index (χ0v) is 15.0. The van der Waals surface area contributed by atoms with Gasteiger partial charge in [-0.25, -0.2) is 0 Å². The minimum Gasteiger partial charge on any atom is -0.391 e. The number of aromatic nitrogens is 3. The fourth-order valence-corrected chi connectivity index (χ4v) is 4.73. The number of rotatable bonds is 2. The lowest BCUT2D eigenvalue weighted by Gasteiger charge is -2.35. The molecule has 6 heteroatoms. The molecule has 1 aliphatic heterocycles. The summed E-state index contributed by atoms with van der Waals surface area (Å²) in [6.07, 6.45) is 6.59. The molecule has 2 aliphatic rings. The topological polar surface area (TPSA) is 71.2 Å². The molecule has 0 unspecified atom stereocenters. The molecule has 3 heterocycles. The molecule has 1 N–H and O–H groups in total. The molecule has 27 heavy (non-hydrogen) atoms. The van der Waals surface area contributed by atoms with Crippen molar-refractivity contribution < 1.29 is 9.90 Å². The third-order valence-corrected chi connectivity index (χ3v) is 6.11. The van der Waals surface area contributed by atoms with Gasteiger partial charge in [0.2, 0.25) is 0 Å². The van der Waals surface area contributed by atoms with Crippen molar-refractivity contribution in [1.82, 2.24) is 19.7 Å². The lowest BCUT2D eigenvalue weighted by molar-refractivity contribution is 0.0306. The Morgan fingerprint density at radius 1 is 1.07 bits per heavy atom. The van der Waals surface area contributed by atoms with Gasteiger partial charge in [-0.3, -0.25) is 14.5 Å². The largest absolute Gasteiger partial charge is 0.391 e. The second-order valence-corrected chi connectivity index (χ2v) is 7.73. The van der Waals surface area contributed by atoms with E-state index >= 15 is 0 Å². The van der Waals surface area contributed by atoms with Gasteiger partial charge in [-0.1, -0.05) is 6.07 Å². The van der Waals surface area contributed by atoms with E-state index in [1.54, 1.807) is 12.4 Å². The Balaban J connectivity index is 1.34. The molecule has 0 radical (unpaired) electrons. The predicted molar refractivity (Wildman–Crippen MR) is 101 cm³/mol. The Labute approximate surface area is 157 Å². The first-order valence-corrected chi connectivity index (χ1v) is 9.50. The van der Waals surface area contributed by atoms with Crippen molar-refractivity contribution in [3.05, 3.63) is 60.6 Å². The van der Waals surface area contributed by atoms with Gasteiger partial charge in [0.15, 0.2) is 0 Å². The lowest BCUT2D eigenvalue weighted by Crippen LogP contribution is -2.36. The summed E-state index contributed by atoms with van der Waals surface area (Å²) in [4.78, 5) is 19.3. The van der Waals surface area contributed by atoms with Gasteiger partial charge in [-0.15, -0.1) is 0 Å². The van der Waals surface area contributed by atoms with Crippen molar-refractivity contribution >= 4 is 16.8 Å². The van der Waals surface area contributed by atoms with Crippen LogP contribution in [0.25, 0.3) is 10.9 Å². The Hall–Kier alpha value is -2.73. The third kappa shape index (κ3) is 2.90. The van der Waals surface area contributed by atoms with E-state index in [1.165, 1.54) is 0 Å². The van der Waals surface area contributed by atoms with Crippen LogP contribution in [-0.2, 0) is 0 Å².